The molecule has 0 saturated heterocycles. The molecular formula is C19H12ClFN2O2. The van der Waals surface area contributed by atoms with Gasteiger partial charge in [0.15, 0.2) is 11.6 Å². The van der Waals surface area contributed by atoms with Gasteiger partial charge in [-0.25, -0.2) is 9.37 Å². The summed E-state index contributed by atoms with van der Waals surface area (Å²) < 4.78 is 15.5. The zero-order chi connectivity index (χ0) is 17.6. The molecule has 0 amide bonds. The van der Waals surface area contributed by atoms with Gasteiger partial charge >= 0.3 is 0 Å². The monoisotopic (exact) mass is 354 g/mol. The smallest absolute Gasteiger partial charge is 0.165 e. The molecule has 0 aliphatic carbocycles. The predicted molar refractivity (Wildman–Crippen MR) is 94.4 cm³/mol. The second-order valence-corrected chi connectivity index (χ2v) is 5.92. The Bertz CT molecular complexity index is 1020. The van der Waals surface area contributed by atoms with Crippen LogP contribution >= 0.6 is 11.6 Å². The summed E-state index contributed by atoms with van der Waals surface area (Å²) in [6, 6.07) is 14.7. The van der Waals surface area contributed by atoms with Crippen molar-refractivity contribution in [3.63, 3.8) is 0 Å². The van der Waals surface area contributed by atoms with E-state index in [0.717, 1.165) is 0 Å². The Labute approximate surface area is 147 Å². The molecule has 2 heterocycles. The van der Waals surface area contributed by atoms with Crippen LogP contribution in [0.3, 0.4) is 0 Å². The van der Waals surface area contributed by atoms with Gasteiger partial charge in [-0.05, 0) is 36.4 Å². The fraction of sp³-hybridized carbons (Fsp3) is 0. The summed E-state index contributed by atoms with van der Waals surface area (Å²) in [4.78, 5) is 4.55. The molecule has 124 valence electrons. The largest absolute Gasteiger partial charge is 0.506 e. The van der Waals surface area contributed by atoms with E-state index in [1.54, 1.807) is 40.9 Å². The number of hydrogen-bond acceptors (Lipinski definition) is 3. The number of aromatic hydroxyl groups is 2. The molecule has 0 atom stereocenters. The number of pyridine rings is 1. The van der Waals surface area contributed by atoms with Crippen LogP contribution in [-0.4, -0.2) is 19.6 Å². The molecule has 0 radical (unpaired) electrons. The van der Waals surface area contributed by atoms with Crippen molar-refractivity contribution in [1.29, 1.82) is 0 Å². The molecule has 0 aliphatic heterocycles. The van der Waals surface area contributed by atoms with Crippen molar-refractivity contribution < 1.29 is 14.6 Å². The van der Waals surface area contributed by atoms with Gasteiger partial charge in [0.2, 0.25) is 0 Å². The fourth-order valence-electron chi connectivity index (χ4n) is 2.83. The number of benzene rings is 2. The summed E-state index contributed by atoms with van der Waals surface area (Å²) in [5.74, 6) is -0.834. The number of nitrogens with zero attached hydrogens (tertiary/aromatic N) is 2. The first-order valence-electron chi connectivity index (χ1n) is 7.50. The number of imidazole rings is 1. The van der Waals surface area contributed by atoms with Gasteiger partial charge in [0.25, 0.3) is 0 Å². The topological polar surface area (TPSA) is 57.8 Å². The highest BCUT2D eigenvalue weighted by molar-refractivity contribution is 6.32. The Morgan fingerprint density at radius 2 is 1.64 bits per heavy atom. The highest BCUT2D eigenvalue weighted by Crippen LogP contribution is 2.39. The minimum Gasteiger partial charge on any atom is -0.506 e. The fourth-order valence-corrected chi connectivity index (χ4v) is 3.00. The number of aromatic nitrogens is 2. The van der Waals surface area contributed by atoms with Gasteiger partial charge in [-0.2, -0.15) is 0 Å². The number of para-hydroxylation sites is 2. The minimum atomic E-state index is -0.721. The van der Waals surface area contributed by atoms with Crippen molar-refractivity contribution in [2.75, 3.05) is 0 Å². The van der Waals surface area contributed by atoms with Gasteiger partial charge in [-0.15, -0.1) is 0 Å². The number of fused-ring (bicyclic) bond motifs is 1. The number of halogens is 2. The van der Waals surface area contributed by atoms with Crippen LogP contribution < -0.4 is 0 Å². The van der Waals surface area contributed by atoms with Crippen LogP contribution in [-0.2, 0) is 0 Å². The third-order valence-corrected chi connectivity index (χ3v) is 4.32. The van der Waals surface area contributed by atoms with Crippen LogP contribution in [0.4, 0.5) is 4.39 Å². The molecule has 0 saturated carbocycles. The number of rotatable bonds is 2. The Hall–Kier alpha value is -3.05. The molecule has 0 spiro atoms. The van der Waals surface area contributed by atoms with E-state index in [9.17, 15) is 14.6 Å². The summed E-state index contributed by atoms with van der Waals surface area (Å²) in [6.07, 6.45) is 1.78. The normalized spacial score (nSPS) is 11.1. The average molecular weight is 355 g/mol. The first-order valence-corrected chi connectivity index (χ1v) is 7.88. The molecule has 2 N–H and O–H groups in total. The van der Waals surface area contributed by atoms with Gasteiger partial charge in [0, 0.05) is 11.8 Å². The van der Waals surface area contributed by atoms with E-state index >= 15 is 0 Å². The molecule has 0 unspecified atom stereocenters. The predicted octanol–water partition coefficient (Wildman–Crippen LogP) is 4.87. The lowest BCUT2D eigenvalue weighted by Gasteiger charge is -2.05. The molecule has 0 bridgehead atoms. The van der Waals surface area contributed by atoms with Crippen LogP contribution in [0.1, 0.15) is 0 Å². The van der Waals surface area contributed by atoms with Crippen LogP contribution in [0.25, 0.3) is 28.2 Å². The highest BCUT2D eigenvalue weighted by atomic mass is 35.5. The molecule has 25 heavy (non-hydrogen) atoms. The number of phenols is 2. The highest BCUT2D eigenvalue weighted by Gasteiger charge is 2.20. The Balaban J connectivity index is 2.06. The van der Waals surface area contributed by atoms with E-state index < -0.39 is 11.6 Å². The second-order valence-electron chi connectivity index (χ2n) is 5.51. The summed E-state index contributed by atoms with van der Waals surface area (Å²) in [6.45, 7) is 0. The molecular weight excluding hydrogens is 343 g/mol. The molecule has 4 aromatic rings. The summed E-state index contributed by atoms with van der Waals surface area (Å²) in [5.41, 5.74) is 1.79. The number of phenolic OH excluding ortho intramolecular Hbond substituents is 2. The van der Waals surface area contributed by atoms with Crippen molar-refractivity contribution in [2.45, 2.75) is 0 Å². The van der Waals surface area contributed by atoms with E-state index in [1.165, 1.54) is 12.1 Å². The first kappa shape index (κ1) is 15.5. The average Bonchev–Trinajstić information content (AvgIpc) is 2.99. The summed E-state index contributed by atoms with van der Waals surface area (Å²) in [5, 5.41) is 20.6. The maximum Gasteiger partial charge on any atom is 0.165 e. The van der Waals surface area contributed by atoms with E-state index in [1.807, 2.05) is 12.1 Å². The standard InChI is InChI=1S/C19H12ClFN2O2/c20-13-7-3-6-12(17(13)24)19-22-16(15-9-1-2-10-23(15)19)11-5-4-8-14(21)18(11)25/h1-10,24-25H. The van der Waals surface area contributed by atoms with Crippen LogP contribution in [0, 0.1) is 5.82 Å². The van der Waals surface area contributed by atoms with Crippen molar-refractivity contribution in [2.24, 2.45) is 0 Å². The van der Waals surface area contributed by atoms with Crippen molar-refractivity contribution in [3.05, 3.63) is 71.6 Å². The van der Waals surface area contributed by atoms with Crippen molar-refractivity contribution >= 4 is 17.1 Å². The van der Waals surface area contributed by atoms with Gasteiger partial charge < -0.3 is 10.2 Å². The van der Waals surface area contributed by atoms with Gasteiger partial charge in [-0.1, -0.05) is 29.8 Å². The zero-order valence-electron chi connectivity index (χ0n) is 12.8. The SMILES string of the molecule is Oc1c(F)cccc1-c1nc(-c2cccc(Cl)c2O)n2ccccc12. The van der Waals surface area contributed by atoms with E-state index in [-0.39, 0.29) is 16.3 Å². The molecule has 0 aliphatic rings. The summed E-state index contributed by atoms with van der Waals surface area (Å²) in [7, 11) is 0. The first-order chi connectivity index (χ1) is 12.1. The maximum atomic E-state index is 13.8. The Morgan fingerprint density at radius 1 is 0.880 bits per heavy atom. The van der Waals surface area contributed by atoms with E-state index in [0.29, 0.717) is 22.6 Å². The molecule has 4 nitrogen and oxygen atoms in total. The Kier molecular flexibility index (Phi) is 3.58. The maximum absolute atomic E-state index is 13.8. The van der Waals surface area contributed by atoms with E-state index in [2.05, 4.69) is 4.98 Å². The number of hydrogen-bond donors (Lipinski definition) is 2. The molecule has 2 aromatic carbocycles. The quantitative estimate of drug-likeness (QED) is 0.540. The minimum absolute atomic E-state index is 0.0880. The zero-order valence-corrected chi connectivity index (χ0v) is 13.6. The lowest BCUT2D eigenvalue weighted by Crippen LogP contribution is -1.89. The van der Waals surface area contributed by atoms with Gasteiger partial charge in [0.05, 0.1) is 16.1 Å². The lowest BCUT2D eigenvalue weighted by molar-refractivity contribution is 0.434. The molecule has 6 heteroatoms. The van der Waals surface area contributed by atoms with Crippen LogP contribution in [0.5, 0.6) is 11.5 Å². The third-order valence-electron chi connectivity index (χ3n) is 4.02. The molecule has 2 aromatic heterocycles. The van der Waals surface area contributed by atoms with Gasteiger partial charge in [-0.3, -0.25) is 4.40 Å². The van der Waals surface area contributed by atoms with Crippen molar-refractivity contribution in [3.8, 4) is 34.1 Å². The third kappa shape index (κ3) is 2.40. The van der Waals surface area contributed by atoms with Crippen molar-refractivity contribution in [1.82, 2.24) is 9.38 Å². The van der Waals surface area contributed by atoms with Gasteiger partial charge in [0.1, 0.15) is 17.3 Å². The van der Waals surface area contributed by atoms with Crippen LogP contribution in [0.2, 0.25) is 5.02 Å². The summed E-state index contributed by atoms with van der Waals surface area (Å²) >= 11 is 6.01. The Morgan fingerprint density at radius 3 is 2.48 bits per heavy atom. The van der Waals surface area contributed by atoms with E-state index in [4.69, 9.17) is 11.6 Å². The molecule has 0 fully saturated rings. The second kappa shape index (κ2) is 5.79. The van der Waals surface area contributed by atoms with Crippen LogP contribution in [0.15, 0.2) is 60.8 Å². The lowest BCUT2D eigenvalue weighted by atomic mass is 10.1. The molecule has 4 rings (SSSR count).